The van der Waals surface area contributed by atoms with Gasteiger partial charge in [0.15, 0.2) is 0 Å². The zero-order valence-electron chi connectivity index (χ0n) is 12.1. The number of anilines is 1. The van der Waals surface area contributed by atoms with Crippen molar-refractivity contribution in [2.45, 2.75) is 26.4 Å². The normalized spacial score (nSPS) is 10.8. The molecule has 5 nitrogen and oxygen atoms in total. The van der Waals surface area contributed by atoms with Gasteiger partial charge in [-0.05, 0) is 31.5 Å². The number of pyridine rings is 1. The number of rotatable bonds is 4. The van der Waals surface area contributed by atoms with Gasteiger partial charge in [-0.1, -0.05) is 6.07 Å². The van der Waals surface area contributed by atoms with E-state index in [9.17, 15) is 4.79 Å². The molecule has 0 aliphatic heterocycles. The van der Waals surface area contributed by atoms with Crippen molar-refractivity contribution < 1.29 is 4.79 Å². The van der Waals surface area contributed by atoms with Gasteiger partial charge in [0, 0.05) is 38.2 Å². The van der Waals surface area contributed by atoms with E-state index in [1.165, 1.54) is 0 Å². The number of hydrogen-bond acceptors (Lipinski definition) is 3. The molecule has 20 heavy (non-hydrogen) atoms. The van der Waals surface area contributed by atoms with E-state index in [2.05, 4.69) is 4.98 Å². The largest absolute Gasteiger partial charge is 0.397 e. The molecule has 0 radical (unpaired) electrons. The zero-order chi connectivity index (χ0) is 14.7. The van der Waals surface area contributed by atoms with Crippen LogP contribution in [0.2, 0.25) is 0 Å². The number of nitrogens with two attached hydrogens (primary N) is 1. The molecule has 0 spiro atoms. The van der Waals surface area contributed by atoms with Gasteiger partial charge < -0.3 is 15.2 Å². The summed E-state index contributed by atoms with van der Waals surface area (Å²) in [6, 6.07) is 5.65. The Morgan fingerprint density at radius 1 is 1.50 bits per heavy atom. The summed E-state index contributed by atoms with van der Waals surface area (Å²) in [6.45, 7) is 4.54. The molecule has 1 amide bonds. The summed E-state index contributed by atoms with van der Waals surface area (Å²) in [7, 11) is 1.83. The van der Waals surface area contributed by atoms with Crippen LogP contribution in [-0.2, 0) is 13.6 Å². The van der Waals surface area contributed by atoms with Crippen molar-refractivity contribution in [3.63, 3.8) is 0 Å². The standard InChI is InChI=1S/C15H20N4O/c1-11(2)19(9-12-5-4-6-17-8-12)15(20)14-7-13(16)10-18(14)3/h4-8,10-11H,9,16H2,1-3H3. The van der Waals surface area contributed by atoms with Crippen molar-refractivity contribution in [3.05, 3.63) is 48.0 Å². The lowest BCUT2D eigenvalue weighted by Gasteiger charge is -2.27. The predicted octanol–water partition coefficient (Wildman–Crippen LogP) is 2.05. The fourth-order valence-corrected chi connectivity index (χ4v) is 2.13. The quantitative estimate of drug-likeness (QED) is 0.926. The summed E-state index contributed by atoms with van der Waals surface area (Å²) in [5.74, 6) is -0.0250. The Balaban J connectivity index is 2.25. The average molecular weight is 272 g/mol. The summed E-state index contributed by atoms with van der Waals surface area (Å²) in [4.78, 5) is 18.6. The first kappa shape index (κ1) is 14.1. The number of aromatic nitrogens is 2. The minimum Gasteiger partial charge on any atom is -0.397 e. The minimum atomic E-state index is -0.0250. The van der Waals surface area contributed by atoms with E-state index in [-0.39, 0.29) is 11.9 Å². The molecule has 2 aromatic heterocycles. The van der Waals surface area contributed by atoms with E-state index >= 15 is 0 Å². The minimum absolute atomic E-state index is 0.0250. The summed E-state index contributed by atoms with van der Waals surface area (Å²) in [5.41, 5.74) is 7.95. The van der Waals surface area contributed by atoms with E-state index in [1.54, 1.807) is 29.2 Å². The van der Waals surface area contributed by atoms with Gasteiger partial charge in [-0.25, -0.2) is 0 Å². The van der Waals surface area contributed by atoms with Gasteiger partial charge in [0.05, 0.1) is 5.69 Å². The highest BCUT2D eigenvalue weighted by atomic mass is 16.2. The lowest BCUT2D eigenvalue weighted by atomic mass is 10.2. The van der Waals surface area contributed by atoms with Crippen LogP contribution in [0.25, 0.3) is 0 Å². The lowest BCUT2D eigenvalue weighted by Crippen LogP contribution is -2.37. The fraction of sp³-hybridized carbons (Fsp3) is 0.333. The molecule has 2 N–H and O–H groups in total. The molecule has 2 aromatic rings. The van der Waals surface area contributed by atoms with Gasteiger partial charge >= 0.3 is 0 Å². The highest BCUT2D eigenvalue weighted by molar-refractivity contribution is 5.94. The maximum Gasteiger partial charge on any atom is 0.271 e. The SMILES string of the molecule is CC(C)N(Cc1cccnc1)C(=O)c1cc(N)cn1C. The van der Waals surface area contributed by atoms with E-state index in [4.69, 9.17) is 5.73 Å². The summed E-state index contributed by atoms with van der Waals surface area (Å²) in [5, 5.41) is 0. The average Bonchev–Trinajstić information content (AvgIpc) is 2.75. The fourth-order valence-electron chi connectivity index (χ4n) is 2.13. The molecule has 0 fully saturated rings. The molecule has 0 saturated heterocycles. The molecule has 0 saturated carbocycles. The predicted molar refractivity (Wildman–Crippen MR) is 79.1 cm³/mol. The third kappa shape index (κ3) is 2.99. The van der Waals surface area contributed by atoms with Crippen LogP contribution in [0, 0.1) is 0 Å². The maximum absolute atomic E-state index is 12.7. The zero-order valence-corrected chi connectivity index (χ0v) is 12.1. The first-order valence-corrected chi connectivity index (χ1v) is 6.60. The number of amides is 1. The Labute approximate surface area is 119 Å². The molecule has 0 unspecified atom stereocenters. The molecular formula is C15H20N4O. The molecular weight excluding hydrogens is 252 g/mol. The van der Waals surface area contributed by atoms with Crippen LogP contribution in [0.4, 0.5) is 5.69 Å². The van der Waals surface area contributed by atoms with Crippen LogP contribution in [-0.4, -0.2) is 26.4 Å². The van der Waals surface area contributed by atoms with Crippen molar-refractivity contribution in [1.29, 1.82) is 0 Å². The van der Waals surface area contributed by atoms with Gasteiger partial charge in [0.1, 0.15) is 5.69 Å². The molecule has 0 bridgehead atoms. The Hall–Kier alpha value is -2.30. The molecule has 0 aliphatic carbocycles. The van der Waals surface area contributed by atoms with Crippen molar-refractivity contribution in [1.82, 2.24) is 14.5 Å². The molecule has 0 atom stereocenters. The third-order valence-corrected chi connectivity index (χ3v) is 3.21. The van der Waals surface area contributed by atoms with Gasteiger partial charge in [-0.3, -0.25) is 9.78 Å². The lowest BCUT2D eigenvalue weighted by molar-refractivity contribution is 0.0680. The van der Waals surface area contributed by atoms with Gasteiger partial charge in [0.2, 0.25) is 0 Å². The molecule has 2 heterocycles. The summed E-state index contributed by atoms with van der Waals surface area (Å²) in [6.07, 6.45) is 5.25. The van der Waals surface area contributed by atoms with Crippen molar-refractivity contribution in [2.24, 2.45) is 7.05 Å². The van der Waals surface area contributed by atoms with Gasteiger partial charge in [-0.2, -0.15) is 0 Å². The van der Waals surface area contributed by atoms with Gasteiger partial charge in [0.25, 0.3) is 5.91 Å². The molecule has 5 heteroatoms. The van der Waals surface area contributed by atoms with E-state index < -0.39 is 0 Å². The van der Waals surface area contributed by atoms with Crippen LogP contribution < -0.4 is 5.73 Å². The first-order valence-electron chi connectivity index (χ1n) is 6.60. The number of nitrogen functional groups attached to an aromatic ring is 1. The molecule has 0 aliphatic rings. The smallest absolute Gasteiger partial charge is 0.271 e. The molecule has 0 aromatic carbocycles. The third-order valence-electron chi connectivity index (χ3n) is 3.21. The Kier molecular flexibility index (Phi) is 4.08. The van der Waals surface area contributed by atoms with Crippen molar-refractivity contribution in [3.8, 4) is 0 Å². The number of carbonyl (C=O) groups excluding carboxylic acids is 1. The maximum atomic E-state index is 12.7. The second-order valence-corrected chi connectivity index (χ2v) is 5.16. The highest BCUT2D eigenvalue weighted by Gasteiger charge is 2.21. The highest BCUT2D eigenvalue weighted by Crippen LogP contribution is 2.16. The van der Waals surface area contributed by atoms with Gasteiger partial charge in [-0.15, -0.1) is 0 Å². The molecule has 106 valence electrons. The van der Waals surface area contributed by atoms with Crippen molar-refractivity contribution >= 4 is 11.6 Å². The summed E-state index contributed by atoms with van der Waals surface area (Å²) < 4.78 is 1.76. The van der Waals surface area contributed by atoms with Crippen LogP contribution in [0.5, 0.6) is 0 Å². The van der Waals surface area contributed by atoms with Crippen LogP contribution in [0.1, 0.15) is 29.9 Å². The van der Waals surface area contributed by atoms with Crippen molar-refractivity contribution in [2.75, 3.05) is 5.73 Å². The second-order valence-electron chi connectivity index (χ2n) is 5.16. The number of hydrogen-bond donors (Lipinski definition) is 1. The Bertz CT molecular complexity index is 589. The second kappa shape index (κ2) is 5.77. The van der Waals surface area contributed by atoms with Crippen LogP contribution in [0.15, 0.2) is 36.8 Å². The van der Waals surface area contributed by atoms with E-state index in [0.29, 0.717) is 17.9 Å². The van der Waals surface area contributed by atoms with E-state index in [0.717, 1.165) is 5.56 Å². The topological polar surface area (TPSA) is 64.2 Å². The Morgan fingerprint density at radius 3 is 2.75 bits per heavy atom. The summed E-state index contributed by atoms with van der Waals surface area (Å²) >= 11 is 0. The van der Waals surface area contributed by atoms with E-state index in [1.807, 2.05) is 37.9 Å². The van der Waals surface area contributed by atoms with Crippen LogP contribution >= 0.6 is 0 Å². The number of nitrogens with zero attached hydrogens (tertiary/aromatic N) is 3. The van der Waals surface area contributed by atoms with Crippen LogP contribution in [0.3, 0.4) is 0 Å². The Morgan fingerprint density at radius 2 is 2.25 bits per heavy atom. The first-order chi connectivity index (χ1) is 9.49. The number of aryl methyl sites for hydroxylation is 1. The monoisotopic (exact) mass is 272 g/mol. The molecule has 2 rings (SSSR count). The number of carbonyl (C=O) groups is 1.